The summed E-state index contributed by atoms with van der Waals surface area (Å²) in [5.41, 5.74) is 4.60. The number of nitrogens with one attached hydrogen (secondary N) is 2. The number of ether oxygens (including phenoxy) is 1. The van der Waals surface area contributed by atoms with Crippen molar-refractivity contribution in [3.63, 3.8) is 0 Å². The number of fused-ring (bicyclic) bond motifs is 2. The van der Waals surface area contributed by atoms with Crippen LogP contribution in [0.5, 0.6) is 5.75 Å². The fraction of sp³-hybridized carbons (Fsp3) is 0.600. The van der Waals surface area contributed by atoms with Crippen molar-refractivity contribution in [3.05, 3.63) is 35.2 Å². The van der Waals surface area contributed by atoms with E-state index < -0.39 is 0 Å². The predicted molar refractivity (Wildman–Crippen MR) is 136 cm³/mol. The number of rotatable bonds is 3. The summed E-state index contributed by atoms with van der Waals surface area (Å²) in [5.74, 6) is 4.20. The second-order valence-corrected chi connectivity index (χ2v) is 10.7. The molecular weight excluding hydrogens is 448 g/mol. The zero-order valence-electron chi connectivity index (χ0n) is 20.0. The van der Waals surface area contributed by atoms with Crippen molar-refractivity contribution in [2.75, 3.05) is 61.8 Å². The first-order chi connectivity index (χ1) is 16.7. The summed E-state index contributed by atoms with van der Waals surface area (Å²) in [4.78, 5) is 14.3. The standard InChI is InChI=1S/C25H34N6O2S/c1-16-11-18(19-13-31(14-19)20-3-5-26-6-4-20)12-21-23(16)33-17(2)22-24(29-21)27-15-28-25(22)30-7-9-32-34-10-8-30/h11-12,15,17,19-20,26H,3-10,13-14H2,1-2H3,(H,27,28,29). The fourth-order valence-corrected chi connectivity index (χ4v) is 6.30. The zero-order chi connectivity index (χ0) is 23.1. The van der Waals surface area contributed by atoms with Crippen LogP contribution in [0.25, 0.3) is 0 Å². The third-order valence-electron chi connectivity index (χ3n) is 7.59. The normalized spacial score (nSPS) is 24.2. The Morgan fingerprint density at radius 1 is 1.12 bits per heavy atom. The average Bonchev–Trinajstić information content (AvgIpc) is 3.17. The Bertz CT molecular complexity index is 1030. The zero-order valence-corrected chi connectivity index (χ0v) is 20.9. The number of anilines is 3. The highest BCUT2D eigenvalue weighted by Gasteiger charge is 2.35. The van der Waals surface area contributed by atoms with Gasteiger partial charge in [-0.05, 0) is 69.0 Å². The summed E-state index contributed by atoms with van der Waals surface area (Å²) < 4.78 is 12.1. The predicted octanol–water partition coefficient (Wildman–Crippen LogP) is 3.62. The first kappa shape index (κ1) is 22.4. The SMILES string of the molecule is Cc1cc(C2CN(C3CCNCC3)C2)cc2c1OC(C)c1c(ncnc1N1CCOSCC1)N2. The molecule has 34 heavy (non-hydrogen) atoms. The molecule has 1 aromatic carbocycles. The van der Waals surface area contributed by atoms with E-state index in [2.05, 4.69) is 56.4 Å². The average molecular weight is 483 g/mol. The van der Waals surface area contributed by atoms with Gasteiger partial charge in [0.2, 0.25) is 0 Å². The summed E-state index contributed by atoms with van der Waals surface area (Å²) in [6, 6.07) is 5.35. The van der Waals surface area contributed by atoms with E-state index in [0.717, 1.165) is 79.7 Å². The van der Waals surface area contributed by atoms with Crippen molar-refractivity contribution >= 4 is 29.4 Å². The molecule has 0 spiro atoms. The van der Waals surface area contributed by atoms with Crippen LogP contribution in [0, 0.1) is 6.92 Å². The van der Waals surface area contributed by atoms with Crippen LogP contribution in [-0.4, -0.2) is 72.5 Å². The highest BCUT2D eigenvalue weighted by molar-refractivity contribution is 7.94. The molecule has 2 aromatic rings. The quantitative estimate of drug-likeness (QED) is 0.638. The van der Waals surface area contributed by atoms with E-state index in [9.17, 15) is 0 Å². The monoisotopic (exact) mass is 482 g/mol. The number of nitrogens with zero attached hydrogens (tertiary/aromatic N) is 4. The molecule has 1 unspecified atom stereocenters. The van der Waals surface area contributed by atoms with Crippen molar-refractivity contribution in [3.8, 4) is 5.75 Å². The van der Waals surface area contributed by atoms with Crippen molar-refractivity contribution in [2.24, 2.45) is 0 Å². The van der Waals surface area contributed by atoms with E-state index in [1.807, 2.05) is 0 Å². The highest BCUT2D eigenvalue weighted by Crippen LogP contribution is 2.45. The molecule has 5 heterocycles. The maximum Gasteiger partial charge on any atom is 0.146 e. The van der Waals surface area contributed by atoms with Crippen LogP contribution in [0.2, 0.25) is 0 Å². The number of aryl methyl sites for hydroxylation is 1. The van der Waals surface area contributed by atoms with E-state index in [4.69, 9.17) is 8.92 Å². The molecular formula is C25H34N6O2S. The van der Waals surface area contributed by atoms with Crippen molar-refractivity contribution in [2.45, 2.75) is 44.8 Å². The first-order valence-electron chi connectivity index (χ1n) is 12.5. The van der Waals surface area contributed by atoms with Crippen LogP contribution >= 0.6 is 12.0 Å². The number of hydrogen-bond donors (Lipinski definition) is 2. The van der Waals surface area contributed by atoms with Gasteiger partial charge in [0.05, 0.1) is 17.9 Å². The molecule has 9 heteroatoms. The molecule has 182 valence electrons. The lowest BCUT2D eigenvalue weighted by Gasteiger charge is -2.46. The fourth-order valence-electron chi connectivity index (χ4n) is 5.69. The maximum absolute atomic E-state index is 6.56. The topological polar surface area (TPSA) is 74.8 Å². The molecule has 0 bridgehead atoms. The molecule has 3 fully saturated rings. The molecule has 6 rings (SSSR count). The van der Waals surface area contributed by atoms with Gasteiger partial charge in [0, 0.05) is 43.9 Å². The first-order valence-corrected chi connectivity index (χ1v) is 13.5. The Hall–Kier alpha value is -2.07. The minimum absolute atomic E-state index is 0.152. The number of likely N-dealkylation sites (tertiary alicyclic amines) is 1. The van der Waals surface area contributed by atoms with Crippen LogP contribution in [0.1, 0.15) is 48.5 Å². The van der Waals surface area contributed by atoms with Crippen molar-refractivity contribution in [1.82, 2.24) is 20.2 Å². The maximum atomic E-state index is 6.56. The van der Waals surface area contributed by atoms with Crippen molar-refractivity contribution < 1.29 is 8.92 Å². The Labute approximate surface area is 206 Å². The lowest BCUT2D eigenvalue weighted by Crippen LogP contribution is -2.53. The summed E-state index contributed by atoms with van der Waals surface area (Å²) in [6.07, 6.45) is 4.05. The van der Waals surface area contributed by atoms with Gasteiger partial charge in [0.15, 0.2) is 0 Å². The van der Waals surface area contributed by atoms with Crippen LogP contribution in [0.3, 0.4) is 0 Å². The Morgan fingerprint density at radius 3 is 2.82 bits per heavy atom. The molecule has 1 aromatic heterocycles. The van der Waals surface area contributed by atoms with Gasteiger partial charge in [0.25, 0.3) is 0 Å². The molecule has 0 saturated carbocycles. The Balaban J connectivity index is 1.26. The molecule has 4 aliphatic heterocycles. The van der Waals surface area contributed by atoms with Gasteiger partial charge < -0.3 is 24.5 Å². The van der Waals surface area contributed by atoms with Gasteiger partial charge in [-0.15, -0.1) is 0 Å². The largest absolute Gasteiger partial charge is 0.483 e. The lowest BCUT2D eigenvalue weighted by atomic mass is 9.87. The van der Waals surface area contributed by atoms with Crippen LogP contribution in [-0.2, 0) is 4.18 Å². The molecule has 0 aliphatic carbocycles. The van der Waals surface area contributed by atoms with E-state index in [1.54, 1.807) is 6.33 Å². The van der Waals surface area contributed by atoms with E-state index in [-0.39, 0.29) is 6.10 Å². The van der Waals surface area contributed by atoms with Crippen LogP contribution in [0.4, 0.5) is 17.3 Å². The van der Waals surface area contributed by atoms with E-state index in [1.165, 1.54) is 36.0 Å². The molecule has 0 radical (unpaired) electrons. The second kappa shape index (κ2) is 9.53. The number of piperidine rings is 1. The Kier molecular flexibility index (Phi) is 6.28. The van der Waals surface area contributed by atoms with Crippen LogP contribution in [0.15, 0.2) is 18.5 Å². The highest BCUT2D eigenvalue weighted by atomic mass is 32.2. The summed E-state index contributed by atoms with van der Waals surface area (Å²) in [5, 5.41) is 7.10. The van der Waals surface area contributed by atoms with Gasteiger partial charge in [0.1, 0.15) is 29.8 Å². The molecule has 3 saturated heterocycles. The number of benzene rings is 1. The Morgan fingerprint density at radius 2 is 1.97 bits per heavy atom. The van der Waals surface area contributed by atoms with Crippen LogP contribution < -0.4 is 20.3 Å². The third kappa shape index (κ3) is 4.23. The number of aromatic nitrogens is 2. The smallest absolute Gasteiger partial charge is 0.146 e. The van der Waals surface area contributed by atoms with Gasteiger partial charge >= 0.3 is 0 Å². The summed E-state index contributed by atoms with van der Waals surface area (Å²) >= 11 is 1.53. The lowest BCUT2D eigenvalue weighted by molar-refractivity contribution is 0.0729. The van der Waals surface area contributed by atoms with Gasteiger partial charge in [-0.1, -0.05) is 6.07 Å². The summed E-state index contributed by atoms with van der Waals surface area (Å²) in [7, 11) is 0. The van der Waals surface area contributed by atoms with Gasteiger partial charge in [-0.3, -0.25) is 4.90 Å². The number of hydrogen-bond acceptors (Lipinski definition) is 9. The van der Waals surface area contributed by atoms with Gasteiger partial charge in [-0.25, -0.2) is 9.97 Å². The second-order valence-electron chi connectivity index (χ2n) is 9.82. The van der Waals surface area contributed by atoms with Crippen molar-refractivity contribution in [1.29, 1.82) is 0 Å². The van der Waals surface area contributed by atoms with Gasteiger partial charge in [-0.2, -0.15) is 0 Å². The minimum atomic E-state index is -0.152. The van der Waals surface area contributed by atoms with E-state index >= 15 is 0 Å². The third-order valence-corrected chi connectivity index (χ3v) is 8.27. The minimum Gasteiger partial charge on any atom is -0.483 e. The molecule has 1 atom stereocenters. The molecule has 4 aliphatic rings. The molecule has 2 N–H and O–H groups in total. The summed E-state index contributed by atoms with van der Waals surface area (Å²) in [6.45, 7) is 11.3. The molecule has 0 amide bonds. The molecule has 8 nitrogen and oxygen atoms in total. The van der Waals surface area contributed by atoms with E-state index in [0.29, 0.717) is 12.5 Å².